The highest BCUT2D eigenvalue weighted by Crippen LogP contribution is 2.41. The quantitative estimate of drug-likeness (QED) is 0.384. The van der Waals surface area contributed by atoms with Gasteiger partial charge in [0.05, 0.1) is 5.69 Å². The molecule has 0 unspecified atom stereocenters. The van der Waals surface area contributed by atoms with E-state index in [9.17, 15) is 4.39 Å². The lowest BCUT2D eigenvalue weighted by atomic mass is 9.87. The third-order valence-corrected chi connectivity index (χ3v) is 5.58. The summed E-state index contributed by atoms with van der Waals surface area (Å²) in [6, 6.07) is 15.6. The molecule has 1 nitrogen and oxygen atoms in total. The van der Waals surface area contributed by atoms with Crippen molar-refractivity contribution in [1.29, 1.82) is 0 Å². The summed E-state index contributed by atoms with van der Waals surface area (Å²) in [6.45, 7) is 6.56. The Balaban J connectivity index is 2.03. The van der Waals surface area contributed by atoms with E-state index in [0.717, 1.165) is 26.0 Å². The lowest BCUT2D eigenvalue weighted by molar-refractivity contribution is 0.589. The van der Waals surface area contributed by atoms with Gasteiger partial charge >= 0.3 is 0 Å². The van der Waals surface area contributed by atoms with Crippen molar-refractivity contribution in [3.05, 3.63) is 66.1 Å². The fourth-order valence-electron chi connectivity index (χ4n) is 3.03. The van der Waals surface area contributed by atoms with Crippen molar-refractivity contribution in [3.63, 3.8) is 0 Å². The van der Waals surface area contributed by atoms with E-state index in [1.54, 1.807) is 17.4 Å². The van der Waals surface area contributed by atoms with Crippen LogP contribution in [0.2, 0.25) is 0 Å². The summed E-state index contributed by atoms with van der Waals surface area (Å²) >= 11 is 1.63. The largest absolute Gasteiger partial charge is 0.256 e. The zero-order valence-electron chi connectivity index (χ0n) is 13.9. The number of rotatable bonds is 1. The number of hydrogen-bond donors (Lipinski definition) is 0. The Kier molecular flexibility index (Phi) is 3.43. The van der Waals surface area contributed by atoms with Crippen LogP contribution in [0.5, 0.6) is 0 Å². The summed E-state index contributed by atoms with van der Waals surface area (Å²) in [5.74, 6) is -0.168. The third kappa shape index (κ3) is 2.40. The lowest BCUT2D eigenvalue weighted by Crippen LogP contribution is -2.11. The Labute approximate surface area is 144 Å². The number of pyridine rings is 1. The van der Waals surface area contributed by atoms with Gasteiger partial charge in [-0.05, 0) is 41.3 Å². The first-order chi connectivity index (χ1) is 11.4. The average molecular weight is 335 g/mol. The summed E-state index contributed by atoms with van der Waals surface area (Å²) in [5.41, 5.74) is 3.18. The van der Waals surface area contributed by atoms with Crippen LogP contribution >= 0.6 is 11.3 Å². The Morgan fingerprint density at radius 2 is 1.79 bits per heavy atom. The topological polar surface area (TPSA) is 12.9 Å². The molecule has 4 rings (SSSR count). The van der Waals surface area contributed by atoms with Gasteiger partial charge in [0.2, 0.25) is 0 Å². The van der Waals surface area contributed by atoms with E-state index in [1.807, 2.05) is 36.5 Å². The van der Waals surface area contributed by atoms with Crippen LogP contribution in [0.3, 0.4) is 0 Å². The molecule has 0 aliphatic heterocycles. The van der Waals surface area contributed by atoms with Gasteiger partial charge in [0.25, 0.3) is 0 Å². The van der Waals surface area contributed by atoms with E-state index in [0.29, 0.717) is 5.39 Å². The smallest absolute Gasteiger partial charge is 0.132 e. The van der Waals surface area contributed by atoms with Gasteiger partial charge in [-0.2, -0.15) is 0 Å². The molecule has 3 heteroatoms. The normalized spacial score (nSPS) is 12.2. The molecular formula is C21H18FNS. The summed E-state index contributed by atoms with van der Waals surface area (Å²) in [5, 5.41) is 1.68. The summed E-state index contributed by atoms with van der Waals surface area (Å²) in [7, 11) is 0. The maximum Gasteiger partial charge on any atom is 0.132 e. The monoisotopic (exact) mass is 335 g/mol. The molecule has 0 saturated carbocycles. The van der Waals surface area contributed by atoms with Crippen molar-refractivity contribution in [1.82, 2.24) is 4.98 Å². The van der Waals surface area contributed by atoms with Crippen molar-refractivity contribution in [3.8, 4) is 11.3 Å². The predicted molar refractivity (Wildman–Crippen MR) is 101 cm³/mol. The molecular weight excluding hydrogens is 317 g/mol. The molecule has 0 N–H and O–H groups in total. The minimum Gasteiger partial charge on any atom is -0.256 e. The number of halogens is 1. The molecule has 0 atom stereocenters. The van der Waals surface area contributed by atoms with Crippen LogP contribution in [-0.2, 0) is 5.41 Å². The molecule has 2 aromatic heterocycles. The molecule has 0 radical (unpaired) electrons. The second kappa shape index (κ2) is 5.38. The maximum atomic E-state index is 14.5. The van der Waals surface area contributed by atoms with Crippen molar-refractivity contribution < 1.29 is 4.39 Å². The van der Waals surface area contributed by atoms with E-state index in [2.05, 4.69) is 37.9 Å². The first-order valence-electron chi connectivity index (χ1n) is 8.02. The zero-order valence-corrected chi connectivity index (χ0v) is 14.7. The molecule has 0 aliphatic carbocycles. The molecule has 0 amide bonds. The van der Waals surface area contributed by atoms with Crippen LogP contribution in [0.25, 0.3) is 31.4 Å². The summed E-state index contributed by atoms with van der Waals surface area (Å²) < 4.78 is 16.6. The molecule has 2 aromatic carbocycles. The third-order valence-electron chi connectivity index (χ3n) is 4.38. The van der Waals surface area contributed by atoms with Crippen molar-refractivity contribution in [2.24, 2.45) is 0 Å². The number of thiophene rings is 1. The van der Waals surface area contributed by atoms with Gasteiger partial charge in [-0.3, -0.25) is 4.98 Å². The SMILES string of the molecule is CC(C)(C)c1ccnc(-c2ccc(F)c3c2sc2ccccc23)c1. The van der Waals surface area contributed by atoms with Crippen LogP contribution in [0.15, 0.2) is 54.7 Å². The molecule has 2 heterocycles. The van der Waals surface area contributed by atoms with Crippen LogP contribution in [-0.4, -0.2) is 4.98 Å². The van der Waals surface area contributed by atoms with Gasteiger partial charge in [0, 0.05) is 31.9 Å². The average Bonchev–Trinajstić information content (AvgIpc) is 2.95. The van der Waals surface area contributed by atoms with Gasteiger partial charge in [-0.25, -0.2) is 4.39 Å². The van der Waals surface area contributed by atoms with Crippen LogP contribution in [0.4, 0.5) is 4.39 Å². The number of fused-ring (bicyclic) bond motifs is 3. The molecule has 0 bridgehead atoms. The fraction of sp³-hybridized carbons (Fsp3) is 0.190. The van der Waals surface area contributed by atoms with E-state index < -0.39 is 0 Å². The number of benzene rings is 2. The number of aromatic nitrogens is 1. The number of nitrogens with zero attached hydrogens (tertiary/aromatic N) is 1. The zero-order chi connectivity index (χ0) is 16.9. The van der Waals surface area contributed by atoms with Gasteiger partial charge in [0.1, 0.15) is 5.82 Å². The minimum absolute atomic E-state index is 0.0526. The molecule has 24 heavy (non-hydrogen) atoms. The van der Waals surface area contributed by atoms with Crippen molar-refractivity contribution >= 4 is 31.5 Å². The van der Waals surface area contributed by atoms with Gasteiger partial charge in [-0.1, -0.05) is 39.0 Å². The standard InChI is InChI=1S/C21H18FNS/c1-21(2,3)13-10-11-23-17(12-13)14-8-9-16(22)19-15-6-4-5-7-18(15)24-20(14)19/h4-12H,1-3H3. The van der Waals surface area contributed by atoms with E-state index in [-0.39, 0.29) is 11.2 Å². The molecule has 4 aromatic rings. The van der Waals surface area contributed by atoms with Gasteiger partial charge in [0.15, 0.2) is 0 Å². The van der Waals surface area contributed by atoms with Crippen molar-refractivity contribution in [2.45, 2.75) is 26.2 Å². The van der Waals surface area contributed by atoms with Gasteiger partial charge in [-0.15, -0.1) is 11.3 Å². The highest BCUT2D eigenvalue weighted by molar-refractivity contribution is 7.26. The van der Waals surface area contributed by atoms with E-state index >= 15 is 0 Å². The van der Waals surface area contributed by atoms with Crippen LogP contribution in [0, 0.1) is 5.82 Å². The Morgan fingerprint density at radius 3 is 2.58 bits per heavy atom. The van der Waals surface area contributed by atoms with Crippen LogP contribution in [0.1, 0.15) is 26.3 Å². The summed E-state index contributed by atoms with van der Waals surface area (Å²) in [4.78, 5) is 4.56. The second-order valence-corrected chi connectivity index (χ2v) is 8.13. The molecule has 0 saturated heterocycles. The first-order valence-corrected chi connectivity index (χ1v) is 8.83. The van der Waals surface area contributed by atoms with Gasteiger partial charge < -0.3 is 0 Å². The van der Waals surface area contributed by atoms with E-state index in [1.165, 1.54) is 5.56 Å². The van der Waals surface area contributed by atoms with E-state index in [4.69, 9.17) is 0 Å². The Bertz CT molecular complexity index is 1060. The van der Waals surface area contributed by atoms with Crippen LogP contribution < -0.4 is 0 Å². The molecule has 0 spiro atoms. The predicted octanol–water partition coefficient (Wildman–Crippen LogP) is 6.55. The lowest BCUT2D eigenvalue weighted by Gasteiger charge is -2.19. The first kappa shape index (κ1) is 15.3. The maximum absolute atomic E-state index is 14.5. The Morgan fingerprint density at radius 1 is 1.00 bits per heavy atom. The number of hydrogen-bond acceptors (Lipinski definition) is 2. The highest BCUT2D eigenvalue weighted by atomic mass is 32.1. The second-order valence-electron chi connectivity index (χ2n) is 7.08. The molecule has 120 valence electrons. The Hall–Kier alpha value is -2.26. The fourth-order valence-corrected chi connectivity index (χ4v) is 4.27. The molecule has 0 fully saturated rings. The summed E-state index contributed by atoms with van der Waals surface area (Å²) in [6.07, 6.45) is 1.85. The van der Waals surface area contributed by atoms with Crippen molar-refractivity contribution in [2.75, 3.05) is 0 Å². The minimum atomic E-state index is -0.168. The highest BCUT2D eigenvalue weighted by Gasteiger charge is 2.18. The molecule has 0 aliphatic rings.